The smallest absolute Gasteiger partial charge is 0.262 e. The molecular formula is C23H21FN4O4. The monoisotopic (exact) mass is 436 g/mol. The molecule has 0 aliphatic carbocycles. The molecule has 1 aromatic carbocycles. The molecule has 1 atom stereocenters. The number of benzene rings is 1. The van der Waals surface area contributed by atoms with Crippen molar-refractivity contribution < 1.29 is 23.6 Å². The number of hydrogen-bond donors (Lipinski definition) is 1. The first kappa shape index (κ1) is 20.3. The van der Waals surface area contributed by atoms with Crippen molar-refractivity contribution in [2.75, 3.05) is 18.0 Å². The van der Waals surface area contributed by atoms with Gasteiger partial charge >= 0.3 is 0 Å². The highest BCUT2D eigenvalue weighted by atomic mass is 19.1. The molecule has 1 aromatic heterocycles. The van der Waals surface area contributed by atoms with Gasteiger partial charge in [-0.2, -0.15) is 0 Å². The predicted molar refractivity (Wildman–Crippen MR) is 111 cm³/mol. The molecule has 32 heavy (non-hydrogen) atoms. The third-order valence-electron chi connectivity index (χ3n) is 6.52. The minimum Gasteiger partial charge on any atom is -0.369 e. The lowest BCUT2D eigenvalue weighted by molar-refractivity contribution is -0.136. The van der Waals surface area contributed by atoms with Gasteiger partial charge in [-0.15, -0.1) is 0 Å². The second-order valence-electron chi connectivity index (χ2n) is 8.34. The van der Waals surface area contributed by atoms with E-state index in [1.165, 1.54) is 11.6 Å². The molecule has 2 saturated heterocycles. The Kier molecular flexibility index (Phi) is 4.96. The molecule has 4 heterocycles. The van der Waals surface area contributed by atoms with Crippen LogP contribution < -0.4 is 10.2 Å². The summed E-state index contributed by atoms with van der Waals surface area (Å²) in [6.07, 6.45) is 5.28. The van der Waals surface area contributed by atoms with E-state index in [0.717, 1.165) is 23.8 Å². The van der Waals surface area contributed by atoms with Crippen LogP contribution in [0.2, 0.25) is 0 Å². The van der Waals surface area contributed by atoms with Crippen molar-refractivity contribution in [3.8, 4) is 0 Å². The Bertz CT molecular complexity index is 1130. The SMILES string of the molecule is O=C1CCC(N2C(=O)c3cc(F)c(N4CCC(c5ccncc5)CC4)cc3C2=O)C(=O)N1. The molecule has 3 aliphatic heterocycles. The predicted octanol–water partition coefficient (Wildman–Crippen LogP) is 2.01. The number of nitrogens with one attached hydrogen (secondary N) is 1. The molecule has 3 aliphatic rings. The van der Waals surface area contributed by atoms with Gasteiger partial charge in [-0.05, 0) is 55.0 Å². The molecule has 2 fully saturated rings. The van der Waals surface area contributed by atoms with Crippen LogP contribution in [0.25, 0.3) is 0 Å². The largest absolute Gasteiger partial charge is 0.369 e. The van der Waals surface area contributed by atoms with E-state index in [2.05, 4.69) is 10.3 Å². The molecule has 0 spiro atoms. The Morgan fingerprint density at radius 1 is 0.938 bits per heavy atom. The highest BCUT2D eigenvalue weighted by Crippen LogP contribution is 2.35. The van der Waals surface area contributed by atoms with Crippen molar-refractivity contribution in [2.24, 2.45) is 0 Å². The molecule has 0 radical (unpaired) electrons. The van der Waals surface area contributed by atoms with Crippen LogP contribution in [0.5, 0.6) is 0 Å². The maximum absolute atomic E-state index is 15.0. The number of rotatable bonds is 3. The molecule has 4 amide bonds. The summed E-state index contributed by atoms with van der Waals surface area (Å²) in [6, 6.07) is 5.42. The summed E-state index contributed by atoms with van der Waals surface area (Å²) in [4.78, 5) is 56.2. The minimum atomic E-state index is -1.07. The molecule has 0 saturated carbocycles. The van der Waals surface area contributed by atoms with Crippen LogP contribution in [0.15, 0.2) is 36.7 Å². The van der Waals surface area contributed by atoms with Gasteiger partial charge in [0.2, 0.25) is 11.8 Å². The highest BCUT2D eigenvalue weighted by molar-refractivity contribution is 6.23. The first-order valence-corrected chi connectivity index (χ1v) is 10.6. The van der Waals surface area contributed by atoms with Gasteiger partial charge in [0.1, 0.15) is 11.9 Å². The summed E-state index contributed by atoms with van der Waals surface area (Å²) in [7, 11) is 0. The number of carbonyl (C=O) groups excluding carboxylic acids is 4. The van der Waals surface area contributed by atoms with Crippen molar-refractivity contribution in [3.05, 3.63) is 59.2 Å². The number of fused-ring (bicyclic) bond motifs is 1. The van der Waals surface area contributed by atoms with Crippen LogP contribution in [-0.2, 0) is 9.59 Å². The number of halogens is 1. The summed E-state index contributed by atoms with van der Waals surface area (Å²) in [5.74, 6) is -2.68. The first-order valence-electron chi connectivity index (χ1n) is 10.6. The van der Waals surface area contributed by atoms with Crippen molar-refractivity contribution in [2.45, 2.75) is 37.6 Å². The average molecular weight is 436 g/mol. The number of aromatic nitrogens is 1. The summed E-state index contributed by atoms with van der Waals surface area (Å²) in [6.45, 7) is 1.23. The highest BCUT2D eigenvalue weighted by Gasteiger charge is 2.45. The van der Waals surface area contributed by atoms with Crippen LogP contribution in [0.4, 0.5) is 10.1 Å². The van der Waals surface area contributed by atoms with Gasteiger partial charge < -0.3 is 4.90 Å². The fourth-order valence-electron chi connectivity index (χ4n) is 4.81. The fourth-order valence-corrected chi connectivity index (χ4v) is 4.81. The summed E-state index contributed by atoms with van der Waals surface area (Å²) in [5.41, 5.74) is 1.53. The van der Waals surface area contributed by atoms with Gasteiger partial charge in [-0.3, -0.25) is 34.4 Å². The third kappa shape index (κ3) is 3.34. The zero-order chi connectivity index (χ0) is 22.4. The van der Waals surface area contributed by atoms with Crippen molar-refractivity contribution in [1.82, 2.24) is 15.2 Å². The molecule has 2 aromatic rings. The maximum Gasteiger partial charge on any atom is 0.262 e. The topological polar surface area (TPSA) is 99.7 Å². The second kappa shape index (κ2) is 7.81. The number of pyridine rings is 1. The van der Waals surface area contributed by atoms with Gasteiger partial charge in [0.05, 0.1) is 16.8 Å². The molecule has 8 nitrogen and oxygen atoms in total. The lowest BCUT2D eigenvalue weighted by atomic mass is 9.90. The Morgan fingerprint density at radius 3 is 2.25 bits per heavy atom. The van der Waals surface area contributed by atoms with Crippen molar-refractivity contribution in [1.29, 1.82) is 0 Å². The summed E-state index contributed by atoms with van der Waals surface area (Å²) < 4.78 is 15.0. The second-order valence-corrected chi connectivity index (χ2v) is 8.34. The van der Waals surface area contributed by atoms with Crippen LogP contribution in [0.3, 0.4) is 0 Å². The number of nitrogens with zero attached hydrogens (tertiary/aromatic N) is 3. The Morgan fingerprint density at radius 2 is 1.59 bits per heavy atom. The summed E-state index contributed by atoms with van der Waals surface area (Å²) >= 11 is 0. The molecule has 5 rings (SSSR count). The molecule has 0 bridgehead atoms. The third-order valence-corrected chi connectivity index (χ3v) is 6.52. The Labute approximate surface area is 183 Å². The first-order chi connectivity index (χ1) is 15.4. The number of piperidine rings is 2. The van der Waals surface area contributed by atoms with Gasteiger partial charge in [0.15, 0.2) is 0 Å². The molecular weight excluding hydrogens is 415 g/mol. The van der Waals surface area contributed by atoms with Crippen molar-refractivity contribution >= 4 is 29.3 Å². The normalized spacial score (nSPS) is 21.7. The number of anilines is 1. The lowest BCUT2D eigenvalue weighted by Gasteiger charge is -2.34. The van der Waals surface area contributed by atoms with E-state index in [9.17, 15) is 23.6 Å². The standard InChI is InChI=1S/C23H21FN4O4/c24-17-11-15-16(23(32)28(22(15)31)18-1-2-20(29)26-21(18)30)12-19(17)27-9-5-14(6-10-27)13-3-7-25-8-4-13/h3-4,7-8,11-12,14,18H,1-2,5-6,9-10H2,(H,26,29,30). The van der Waals surface area contributed by atoms with Crippen LogP contribution in [-0.4, -0.2) is 52.6 Å². The maximum atomic E-state index is 15.0. The molecule has 1 unspecified atom stereocenters. The number of imide groups is 2. The van der Waals surface area contributed by atoms with Gasteiger partial charge in [0, 0.05) is 31.9 Å². The lowest BCUT2D eigenvalue weighted by Crippen LogP contribution is -2.54. The average Bonchev–Trinajstić information content (AvgIpc) is 3.03. The fraction of sp³-hybridized carbons (Fsp3) is 0.348. The van der Waals surface area contributed by atoms with E-state index in [-0.39, 0.29) is 29.7 Å². The zero-order valence-corrected chi connectivity index (χ0v) is 17.2. The van der Waals surface area contributed by atoms with Gasteiger partial charge in [0.25, 0.3) is 11.8 Å². The quantitative estimate of drug-likeness (QED) is 0.739. The van der Waals surface area contributed by atoms with Crippen LogP contribution in [0.1, 0.15) is 57.9 Å². The molecule has 1 N–H and O–H groups in total. The number of hydrogen-bond acceptors (Lipinski definition) is 6. The van der Waals surface area contributed by atoms with E-state index in [0.29, 0.717) is 19.0 Å². The van der Waals surface area contributed by atoms with Gasteiger partial charge in [-0.25, -0.2) is 4.39 Å². The summed E-state index contributed by atoms with van der Waals surface area (Å²) in [5, 5.41) is 2.16. The molecule has 164 valence electrons. The van der Waals surface area contributed by atoms with E-state index in [4.69, 9.17) is 0 Å². The molecule has 9 heteroatoms. The van der Waals surface area contributed by atoms with Crippen molar-refractivity contribution in [3.63, 3.8) is 0 Å². The minimum absolute atomic E-state index is 0.0375. The van der Waals surface area contributed by atoms with E-state index < -0.39 is 35.5 Å². The Hall–Kier alpha value is -3.62. The van der Waals surface area contributed by atoms with Crippen LogP contribution >= 0.6 is 0 Å². The zero-order valence-electron chi connectivity index (χ0n) is 17.2. The Balaban J connectivity index is 1.37. The van der Waals surface area contributed by atoms with E-state index >= 15 is 0 Å². The number of carbonyl (C=O) groups is 4. The van der Waals surface area contributed by atoms with E-state index in [1.54, 1.807) is 12.4 Å². The van der Waals surface area contributed by atoms with Crippen LogP contribution in [0, 0.1) is 5.82 Å². The number of amides is 4. The van der Waals surface area contributed by atoms with E-state index in [1.807, 2.05) is 17.0 Å². The van der Waals surface area contributed by atoms with Gasteiger partial charge in [-0.1, -0.05) is 0 Å².